The average Bonchev–Trinajstić information content (AvgIpc) is 2.83. The Morgan fingerprint density at radius 3 is 2.26 bits per heavy atom. The number of benzene rings is 3. The molecule has 0 aliphatic heterocycles. The number of alkyl halides is 3. The molecule has 186 valence electrons. The minimum absolute atomic E-state index is 0.0125. The number of hydrogen-bond donors (Lipinski definition) is 1. The Kier molecular flexibility index (Phi) is 8.09. The van der Waals surface area contributed by atoms with Gasteiger partial charge in [-0.1, -0.05) is 41.9 Å². The normalized spacial score (nSPS) is 12.9. The highest BCUT2D eigenvalue weighted by molar-refractivity contribution is 7.89. The Hall–Kier alpha value is -3.08. The summed E-state index contributed by atoms with van der Waals surface area (Å²) in [5.41, 5.74) is -1.13. The first kappa shape index (κ1) is 26.5. The van der Waals surface area contributed by atoms with Crippen LogP contribution in [-0.2, 0) is 21.0 Å². The third-order valence-corrected chi connectivity index (χ3v) is 7.42. The fourth-order valence-electron chi connectivity index (χ4n) is 3.45. The summed E-state index contributed by atoms with van der Waals surface area (Å²) in [6, 6.07) is 16.0. The number of ether oxygens (including phenoxy) is 1. The topological polar surface area (TPSA) is 75.7 Å². The van der Waals surface area contributed by atoms with Crippen molar-refractivity contribution in [2.75, 3.05) is 19.5 Å². The van der Waals surface area contributed by atoms with Crippen molar-refractivity contribution in [2.24, 2.45) is 0 Å². The minimum Gasteiger partial charge on any atom is -0.497 e. The predicted octanol–water partition coefficient (Wildman–Crippen LogP) is 5.76. The molecular formula is C24H22ClF3N2O4S. The Balaban J connectivity index is 1.95. The van der Waals surface area contributed by atoms with Gasteiger partial charge >= 0.3 is 6.18 Å². The molecule has 3 aromatic carbocycles. The number of hydrogen-bond acceptors (Lipinski definition) is 4. The highest BCUT2D eigenvalue weighted by Crippen LogP contribution is 2.37. The van der Waals surface area contributed by atoms with Crippen LogP contribution in [0, 0.1) is 0 Å². The van der Waals surface area contributed by atoms with Crippen molar-refractivity contribution in [3.05, 3.63) is 88.9 Å². The minimum atomic E-state index is -4.75. The second-order valence-corrected chi connectivity index (χ2v) is 10.00. The van der Waals surface area contributed by atoms with Crippen LogP contribution in [-0.4, -0.2) is 32.8 Å². The van der Waals surface area contributed by atoms with Gasteiger partial charge in [0, 0.05) is 18.5 Å². The SMILES string of the molecule is COc1ccc([C@H](CC(=O)Nc2ccc(Cl)cc2C(F)(F)F)N(C)S(=O)(=O)c2ccccc2)cc1. The van der Waals surface area contributed by atoms with E-state index >= 15 is 0 Å². The van der Waals surface area contributed by atoms with Crippen LogP contribution >= 0.6 is 11.6 Å². The van der Waals surface area contributed by atoms with Gasteiger partial charge in [0.2, 0.25) is 15.9 Å². The molecule has 0 radical (unpaired) electrons. The number of carbonyl (C=O) groups is 1. The van der Waals surface area contributed by atoms with Gasteiger partial charge in [0.1, 0.15) is 5.75 Å². The molecule has 6 nitrogen and oxygen atoms in total. The van der Waals surface area contributed by atoms with E-state index in [9.17, 15) is 26.4 Å². The quantitative estimate of drug-likeness (QED) is 0.405. The maximum absolute atomic E-state index is 13.4. The molecule has 11 heteroatoms. The average molecular weight is 527 g/mol. The molecule has 0 aliphatic rings. The summed E-state index contributed by atoms with van der Waals surface area (Å²) in [5, 5.41) is 2.11. The van der Waals surface area contributed by atoms with E-state index in [1.165, 1.54) is 32.4 Å². The van der Waals surface area contributed by atoms with E-state index in [0.29, 0.717) is 17.4 Å². The zero-order chi connectivity index (χ0) is 25.8. The van der Waals surface area contributed by atoms with Crippen LogP contribution in [0.4, 0.5) is 18.9 Å². The Morgan fingerprint density at radius 2 is 1.69 bits per heavy atom. The lowest BCUT2D eigenvalue weighted by atomic mass is 10.0. The lowest BCUT2D eigenvalue weighted by Crippen LogP contribution is -2.34. The van der Waals surface area contributed by atoms with Crippen molar-refractivity contribution in [3.63, 3.8) is 0 Å². The summed E-state index contributed by atoms with van der Waals surface area (Å²) in [7, 11) is -1.25. The van der Waals surface area contributed by atoms with Crippen LogP contribution in [0.2, 0.25) is 5.02 Å². The first-order chi connectivity index (χ1) is 16.4. The van der Waals surface area contributed by atoms with Crippen molar-refractivity contribution >= 4 is 33.2 Å². The molecule has 35 heavy (non-hydrogen) atoms. The number of sulfonamides is 1. The van der Waals surface area contributed by atoms with Gasteiger partial charge in [-0.3, -0.25) is 4.79 Å². The number of nitrogens with zero attached hydrogens (tertiary/aromatic N) is 1. The molecule has 3 aromatic rings. The van der Waals surface area contributed by atoms with Crippen molar-refractivity contribution in [2.45, 2.75) is 23.5 Å². The van der Waals surface area contributed by atoms with E-state index in [2.05, 4.69) is 5.32 Å². The van der Waals surface area contributed by atoms with Gasteiger partial charge in [-0.15, -0.1) is 0 Å². The molecule has 0 aromatic heterocycles. The highest BCUT2D eigenvalue weighted by atomic mass is 35.5. The summed E-state index contributed by atoms with van der Waals surface area (Å²) in [5.74, 6) is -0.296. The van der Waals surface area contributed by atoms with Gasteiger partial charge in [0.15, 0.2) is 0 Å². The molecule has 0 heterocycles. The fraction of sp³-hybridized carbons (Fsp3) is 0.208. The Bertz CT molecular complexity index is 1280. The molecule has 1 atom stereocenters. The maximum atomic E-state index is 13.4. The third-order valence-electron chi connectivity index (χ3n) is 5.30. The first-order valence-electron chi connectivity index (χ1n) is 10.3. The number of carbonyl (C=O) groups excluding carboxylic acids is 1. The molecule has 0 spiro atoms. The number of amides is 1. The van der Waals surface area contributed by atoms with Gasteiger partial charge in [-0.25, -0.2) is 8.42 Å². The summed E-state index contributed by atoms with van der Waals surface area (Å²) < 4.78 is 73.0. The van der Waals surface area contributed by atoms with Crippen LogP contribution in [0.3, 0.4) is 0 Å². The van der Waals surface area contributed by atoms with Gasteiger partial charge in [-0.2, -0.15) is 17.5 Å². The number of rotatable bonds is 8. The molecule has 1 N–H and O–H groups in total. The van der Waals surface area contributed by atoms with Crippen molar-refractivity contribution < 1.29 is 31.1 Å². The summed E-state index contributed by atoms with van der Waals surface area (Å²) in [6.45, 7) is 0. The molecule has 0 fully saturated rings. The van der Waals surface area contributed by atoms with Crippen molar-refractivity contribution in [1.82, 2.24) is 4.31 Å². The zero-order valence-electron chi connectivity index (χ0n) is 18.7. The Morgan fingerprint density at radius 1 is 1.06 bits per heavy atom. The van der Waals surface area contributed by atoms with Crippen LogP contribution in [0.5, 0.6) is 5.75 Å². The molecule has 0 saturated carbocycles. The lowest BCUT2D eigenvalue weighted by Gasteiger charge is -2.28. The summed E-state index contributed by atoms with van der Waals surface area (Å²) >= 11 is 5.70. The smallest absolute Gasteiger partial charge is 0.418 e. The van der Waals surface area contributed by atoms with E-state index in [1.807, 2.05) is 0 Å². The van der Waals surface area contributed by atoms with Crippen LogP contribution in [0.1, 0.15) is 23.6 Å². The van der Waals surface area contributed by atoms with Gasteiger partial charge in [0.05, 0.1) is 29.3 Å². The number of nitrogens with one attached hydrogen (secondary N) is 1. The third kappa shape index (κ3) is 6.33. The van der Waals surface area contributed by atoms with Crippen LogP contribution in [0.15, 0.2) is 77.7 Å². The second-order valence-electron chi connectivity index (χ2n) is 7.56. The number of anilines is 1. The second kappa shape index (κ2) is 10.7. The molecular weight excluding hydrogens is 505 g/mol. The molecule has 0 aliphatic carbocycles. The number of halogens is 4. The predicted molar refractivity (Wildman–Crippen MR) is 127 cm³/mol. The molecule has 3 rings (SSSR count). The van der Waals surface area contributed by atoms with Crippen LogP contribution in [0.25, 0.3) is 0 Å². The van der Waals surface area contributed by atoms with Crippen LogP contribution < -0.4 is 10.1 Å². The van der Waals surface area contributed by atoms with E-state index in [-0.39, 0.29) is 9.92 Å². The molecule has 0 saturated heterocycles. The van der Waals surface area contributed by atoms with Crippen molar-refractivity contribution in [3.8, 4) is 5.75 Å². The van der Waals surface area contributed by atoms with Gasteiger partial charge in [-0.05, 0) is 48.0 Å². The lowest BCUT2D eigenvalue weighted by molar-refractivity contribution is -0.137. The van der Waals surface area contributed by atoms with Gasteiger partial charge in [0.25, 0.3) is 0 Å². The highest BCUT2D eigenvalue weighted by Gasteiger charge is 2.35. The zero-order valence-corrected chi connectivity index (χ0v) is 20.3. The largest absolute Gasteiger partial charge is 0.497 e. The number of methoxy groups -OCH3 is 1. The Labute approximate surface area is 206 Å². The molecule has 0 unspecified atom stereocenters. The van der Waals surface area contributed by atoms with E-state index < -0.39 is 45.8 Å². The molecule has 1 amide bonds. The summed E-state index contributed by atoms with van der Waals surface area (Å²) in [6.07, 6.45) is -5.20. The monoisotopic (exact) mass is 526 g/mol. The fourth-order valence-corrected chi connectivity index (χ4v) is 4.98. The van der Waals surface area contributed by atoms with Crippen molar-refractivity contribution in [1.29, 1.82) is 0 Å². The van der Waals surface area contributed by atoms with E-state index in [4.69, 9.17) is 16.3 Å². The van der Waals surface area contributed by atoms with Gasteiger partial charge < -0.3 is 10.1 Å². The maximum Gasteiger partial charge on any atom is 0.418 e. The standard InChI is InChI=1S/C24H22ClF3N2O4S/c1-30(35(32,33)19-6-4-3-5-7-19)22(16-8-11-18(34-2)12-9-16)15-23(31)29-21-13-10-17(25)14-20(21)24(26,27)28/h3-14,22H,15H2,1-2H3,(H,29,31)/t22-/m0/s1. The van der Waals surface area contributed by atoms with E-state index in [0.717, 1.165) is 10.4 Å². The molecule has 0 bridgehead atoms. The first-order valence-corrected chi connectivity index (χ1v) is 12.1. The summed E-state index contributed by atoms with van der Waals surface area (Å²) in [4.78, 5) is 12.9. The van der Waals surface area contributed by atoms with E-state index in [1.54, 1.807) is 42.5 Å².